The van der Waals surface area contributed by atoms with E-state index in [0.717, 1.165) is 39.5 Å². The van der Waals surface area contributed by atoms with Crippen molar-refractivity contribution in [3.63, 3.8) is 0 Å². The molecule has 0 unspecified atom stereocenters. The number of hydrogen-bond acceptors (Lipinski definition) is 7. The molecule has 3 aromatic rings. The van der Waals surface area contributed by atoms with Gasteiger partial charge in [-0.1, -0.05) is 6.07 Å². The molecular weight excluding hydrogens is 316 g/mol. The van der Waals surface area contributed by atoms with Gasteiger partial charge in [-0.25, -0.2) is 0 Å². The second kappa shape index (κ2) is 6.60. The van der Waals surface area contributed by atoms with Crippen molar-refractivity contribution < 1.29 is 4.74 Å². The summed E-state index contributed by atoms with van der Waals surface area (Å²) in [6, 6.07) is 4.24. The third-order valence-corrected chi connectivity index (χ3v) is 5.33. The molecule has 3 aromatic heterocycles. The average molecular weight is 334 g/mol. The molecule has 0 aliphatic carbocycles. The maximum atomic E-state index is 5.93. The van der Waals surface area contributed by atoms with Crippen molar-refractivity contribution in [3.05, 3.63) is 33.5 Å². The first-order valence-corrected chi connectivity index (χ1v) is 8.71. The highest BCUT2D eigenvalue weighted by Crippen LogP contribution is 2.40. The van der Waals surface area contributed by atoms with Gasteiger partial charge in [0, 0.05) is 23.9 Å². The molecule has 1 atom stereocenters. The topological polar surface area (TPSA) is 73.1 Å². The molecule has 0 bridgehead atoms. The second-order valence-corrected chi connectivity index (χ2v) is 7.25. The molecule has 3 heterocycles. The van der Waals surface area contributed by atoms with Crippen LogP contribution >= 0.6 is 22.7 Å². The highest BCUT2D eigenvalue weighted by atomic mass is 32.1. The summed E-state index contributed by atoms with van der Waals surface area (Å²) in [7, 11) is 1.67. The molecule has 0 fully saturated rings. The molecule has 5 nitrogen and oxygen atoms in total. The lowest BCUT2D eigenvalue weighted by Crippen LogP contribution is -2.17. The van der Waals surface area contributed by atoms with E-state index in [-0.39, 0.29) is 6.04 Å². The highest BCUT2D eigenvalue weighted by Gasteiger charge is 2.18. The van der Waals surface area contributed by atoms with E-state index in [1.165, 1.54) is 4.88 Å². The van der Waals surface area contributed by atoms with Crippen molar-refractivity contribution in [2.45, 2.75) is 25.9 Å². The minimum absolute atomic E-state index is 0.0810. The van der Waals surface area contributed by atoms with Gasteiger partial charge in [-0.3, -0.25) is 0 Å². The minimum Gasteiger partial charge on any atom is -0.493 e. The number of anilines is 1. The lowest BCUT2D eigenvalue weighted by molar-refractivity contribution is 0.414. The van der Waals surface area contributed by atoms with Crippen LogP contribution in [0.15, 0.2) is 23.7 Å². The number of thiophene rings is 2. The van der Waals surface area contributed by atoms with Gasteiger partial charge in [-0.2, -0.15) is 5.10 Å². The Bertz CT molecular complexity index is 752. The van der Waals surface area contributed by atoms with Gasteiger partial charge in [0.15, 0.2) is 5.75 Å². The van der Waals surface area contributed by atoms with Crippen LogP contribution in [0.3, 0.4) is 0 Å². The Balaban J connectivity index is 1.95. The molecule has 0 aliphatic heterocycles. The predicted octanol–water partition coefficient (Wildman–Crippen LogP) is 3.26. The molecule has 0 radical (unpaired) electrons. The van der Waals surface area contributed by atoms with Crippen molar-refractivity contribution in [3.8, 4) is 5.75 Å². The van der Waals surface area contributed by atoms with E-state index < -0.39 is 0 Å². The Labute approximate surface area is 137 Å². The molecule has 0 aliphatic rings. The molecule has 0 amide bonds. The molecule has 0 saturated carbocycles. The molecule has 0 spiro atoms. The molecule has 0 saturated heterocycles. The third kappa shape index (κ3) is 3.06. The first-order valence-electron chi connectivity index (χ1n) is 7.02. The standard InChI is InChI=1S/C15H18N4OS2/c1-9(16)6-12-14(20-2)13-15(22-12)11(8-18-19-13)17-7-10-4-3-5-21-10/h3-5,8-9H,6-7,16H2,1-2H3,(H,17,19)/t9-/m0/s1. The predicted molar refractivity (Wildman–Crippen MR) is 93.0 cm³/mol. The number of methoxy groups -OCH3 is 1. The summed E-state index contributed by atoms with van der Waals surface area (Å²) >= 11 is 3.41. The number of hydrogen-bond donors (Lipinski definition) is 2. The summed E-state index contributed by atoms with van der Waals surface area (Å²) in [4.78, 5) is 2.40. The molecular formula is C15H18N4OS2. The average Bonchev–Trinajstić information content (AvgIpc) is 3.11. The smallest absolute Gasteiger partial charge is 0.161 e. The summed E-state index contributed by atoms with van der Waals surface area (Å²) in [6.07, 6.45) is 2.54. The number of nitrogens with one attached hydrogen (secondary N) is 1. The quantitative estimate of drug-likeness (QED) is 0.724. The summed E-state index contributed by atoms with van der Waals surface area (Å²) in [5, 5.41) is 13.9. The molecule has 116 valence electrons. The Morgan fingerprint density at radius 2 is 2.32 bits per heavy atom. The van der Waals surface area contributed by atoms with E-state index >= 15 is 0 Å². The van der Waals surface area contributed by atoms with Crippen molar-refractivity contribution in [2.24, 2.45) is 5.73 Å². The Morgan fingerprint density at radius 3 is 3.00 bits per heavy atom. The van der Waals surface area contributed by atoms with Crippen molar-refractivity contribution >= 4 is 38.6 Å². The van der Waals surface area contributed by atoms with Crippen LogP contribution in [0, 0.1) is 0 Å². The third-order valence-electron chi connectivity index (χ3n) is 3.24. The minimum atomic E-state index is 0.0810. The summed E-state index contributed by atoms with van der Waals surface area (Å²) in [5.41, 5.74) is 7.72. The summed E-state index contributed by atoms with van der Waals surface area (Å²) in [5.74, 6) is 0.796. The highest BCUT2D eigenvalue weighted by molar-refractivity contribution is 7.20. The van der Waals surface area contributed by atoms with Crippen LogP contribution in [0.4, 0.5) is 5.69 Å². The normalized spacial score (nSPS) is 12.5. The van der Waals surface area contributed by atoms with Crippen LogP contribution in [0.1, 0.15) is 16.7 Å². The Morgan fingerprint density at radius 1 is 1.45 bits per heavy atom. The Kier molecular flexibility index (Phi) is 4.56. The van der Waals surface area contributed by atoms with E-state index in [9.17, 15) is 0 Å². The first-order chi connectivity index (χ1) is 10.7. The maximum Gasteiger partial charge on any atom is 0.161 e. The summed E-state index contributed by atoms with van der Waals surface area (Å²) < 4.78 is 6.60. The number of nitrogens with zero attached hydrogens (tertiary/aromatic N) is 2. The van der Waals surface area contributed by atoms with E-state index in [1.807, 2.05) is 6.92 Å². The van der Waals surface area contributed by atoms with Crippen LogP contribution in [0.5, 0.6) is 5.75 Å². The second-order valence-electron chi connectivity index (χ2n) is 5.11. The number of aromatic nitrogens is 2. The number of ether oxygens (including phenoxy) is 1. The molecule has 3 N–H and O–H groups in total. The van der Waals surface area contributed by atoms with Gasteiger partial charge >= 0.3 is 0 Å². The fraction of sp³-hybridized carbons (Fsp3) is 0.333. The van der Waals surface area contributed by atoms with Gasteiger partial charge in [0.05, 0.1) is 28.6 Å². The zero-order valence-electron chi connectivity index (χ0n) is 12.5. The van der Waals surface area contributed by atoms with Crippen molar-refractivity contribution in [1.29, 1.82) is 0 Å². The van der Waals surface area contributed by atoms with E-state index in [4.69, 9.17) is 10.5 Å². The van der Waals surface area contributed by atoms with E-state index in [1.54, 1.807) is 36.0 Å². The first kappa shape index (κ1) is 15.2. The molecule has 3 rings (SSSR count). The van der Waals surface area contributed by atoms with Gasteiger partial charge in [0.25, 0.3) is 0 Å². The largest absolute Gasteiger partial charge is 0.493 e. The number of rotatable bonds is 6. The lowest BCUT2D eigenvalue weighted by atomic mass is 10.2. The number of nitrogens with two attached hydrogens (primary N) is 1. The summed E-state index contributed by atoms with van der Waals surface area (Å²) in [6.45, 7) is 2.77. The molecule has 0 aromatic carbocycles. The van der Waals surface area contributed by atoms with Crippen molar-refractivity contribution in [2.75, 3.05) is 12.4 Å². The van der Waals surface area contributed by atoms with Gasteiger partial charge in [-0.15, -0.1) is 27.8 Å². The van der Waals surface area contributed by atoms with Crippen LogP contribution in [0.2, 0.25) is 0 Å². The SMILES string of the molecule is COc1c(C[C@H](C)N)sc2c(NCc3cccs3)cnnc12. The fourth-order valence-electron chi connectivity index (χ4n) is 2.29. The number of fused-ring (bicyclic) bond motifs is 1. The van der Waals surface area contributed by atoms with Crippen LogP contribution in [-0.4, -0.2) is 23.3 Å². The van der Waals surface area contributed by atoms with Gasteiger partial charge in [-0.05, 0) is 18.4 Å². The van der Waals surface area contributed by atoms with Crippen LogP contribution in [0.25, 0.3) is 10.2 Å². The maximum absolute atomic E-state index is 5.93. The lowest BCUT2D eigenvalue weighted by Gasteiger charge is -2.05. The van der Waals surface area contributed by atoms with Gasteiger partial charge in [0.1, 0.15) is 5.52 Å². The Hall–Kier alpha value is -1.70. The monoisotopic (exact) mass is 334 g/mol. The van der Waals surface area contributed by atoms with Crippen LogP contribution < -0.4 is 15.8 Å². The molecule has 7 heteroatoms. The van der Waals surface area contributed by atoms with E-state index in [2.05, 4.69) is 33.0 Å². The zero-order valence-corrected chi connectivity index (χ0v) is 14.1. The fourth-order valence-corrected chi connectivity index (χ4v) is 4.26. The van der Waals surface area contributed by atoms with Gasteiger partial charge < -0.3 is 15.8 Å². The van der Waals surface area contributed by atoms with E-state index in [0.29, 0.717) is 0 Å². The zero-order chi connectivity index (χ0) is 15.5. The molecule has 22 heavy (non-hydrogen) atoms. The van der Waals surface area contributed by atoms with Crippen molar-refractivity contribution in [1.82, 2.24) is 10.2 Å². The van der Waals surface area contributed by atoms with Gasteiger partial charge in [0.2, 0.25) is 0 Å². The van der Waals surface area contributed by atoms with Crippen LogP contribution in [-0.2, 0) is 13.0 Å².